The van der Waals surface area contributed by atoms with Crippen molar-refractivity contribution in [3.05, 3.63) is 33.1 Å². The van der Waals surface area contributed by atoms with E-state index in [-0.39, 0.29) is 0 Å². The van der Waals surface area contributed by atoms with Gasteiger partial charge < -0.3 is 9.84 Å². The van der Waals surface area contributed by atoms with Gasteiger partial charge in [-0.15, -0.1) is 0 Å². The van der Waals surface area contributed by atoms with E-state index in [1.165, 1.54) is 6.92 Å². The minimum atomic E-state index is -1.70. The predicted octanol–water partition coefficient (Wildman–Crippen LogP) is -0.847. The highest BCUT2D eigenvalue weighted by Gasteiger charge is 2.43. The van der Waals surface area contributed by atoms with Crippen molar-refractivity contribution in [2.24, 2.45) is 0 Å². The molecular formula is C9H11FN2O4. The lowest BCUT2D eigenvalue weighted by molar-refractivity contribution is -0.0185. The van der Waals surface area contributed by atoms with E-state index in [4.69, 9.17) is 4.74 Å². The van der Waals surface area contributed by atoms with Gasteiger partial charge in [0, 0.05) is 12.3 Å². The average Bonchev–Trinajstić information content (AvgIpc) is 2.46. The molecule has 4 atom stereocenters. The molecule has 6 nitrogen and oxygen atoms in total. The summed E-state index contributed by atoms with van der Waals surface area (Å²) >= 11 is 0. The molecule has 0 spiro atoms. The number of aliphatic hydroxyl groups is 1. The van der Waals surface area contributed by atoms with Crippen molar-refractivity contribution in [1.29, 1.82) is 0 Å². The van der Waals surface area contributed by atoms with E-state index >= 15 is 0 Å². The summed E-state index contributed by atoms with van der Waals surface area (Å²) in [6.07, 6.45) is -3.72. The van der Waals surface area contributed by atoms with Gasteiger partial charge in [0.25, 0.3) is 5.56 Å². The van der Waals surface area contributed by atoms with Crippen LogP contribution in [0.4, 0.5) is 4.39 Å². The van der Waals surface area contributed by atoms with E-state index in [1.54, 1.807) is 0 Å². The topological polar surface area (TPSA) is 84.3 Å². The maximum atomic E-state index is 13.6. The van der Waals surface area contributed by atoms with Gasteiger partial charge in [-0.05, 0) is 6.92 Å². The first-order chi connectivity index (χ1) is 7.50. The highest BCUT2D eigenvalue weighted by molar-refractivity contribution is 4.92. The molecule has 88 valence electrons. The molecule has 2 N–H and O–H groups in total. The van der Waals surface area contributed by atoms with Crippen LogP contribution >= 0.6 is 0 Å². The Bertz CT molecular complexity index is 497. The van der Waals surface area contributed by atoms with E-state index in [0.29, 0.717) is 0 Å². The molecule has 1 aliphatic heterocycles. The number of hydrogen-bond acceptors (Lipinski definition) is 4. The second kappa shape index (κ2) is 3.84. The summed E-state index contributed by atoms with van der Waals surface area (Å²) in [5, 5.41) is 9.36. The highest BCUT2D eigenvalue weighted by Crippen LogP contribution is 2.30. The standard InChI is InChI=1S/C9H11FN2O4/c1-4-7(14)6(10)8(16-4)12-3-2-5(13)11-9(12)15/h2-4,6-8,14H,1H3,(H,11,13,15)/t4-,6?,7-,8-/m1/s1. The summed E-state index contributed by atoms with van der Waals surface area (Å²) in [6, 6.07) is 1.09. The zero-order valence-corrected chi connectivity index (χ0v) is 8.46. The van der Waals surface area contributed by atoms with Crippen molar-refractivity contribution in [1.82, 2.24) is 9.55 Å². The third kappa shape index (κ3) is 1.68. The van der Waals surface area contributed by atoms with Crippen molar-refractivity contribution >= 4 is 0 Å². The number of rotatable bonds is 1. The van der Waals surface area contributed by atoms with Crippen LogP contribution in [0.3, 0.4) is 0 Å². The first kappa shape index (κ1) is 11.0. The van der Waals surface area contributed by atoms with Gasteiger partial charge in [0.2, 0.25) is 0 Å². The van der Waals surface area contributed by atoms with Crippen molar-refractivity contribution in [2.45, 2.75) is 31.5 Å². The van der Waals surface area contributed by atoms with Crippen LogP contribution in [0.2, 0.25) is 0 Å². The monoisotopic (exact) mass is 230 g/mol. The van der Waals surface area contributed by atoms with Crippen LogP contribution in [0.1, 0.15) is 13.2 Å². The van der Waals surface area contributed by atoms with E-state index in [2.05, 4.69) is 0 Å². The number of aromatic nitrogens is 2. The number of halogens is 1. The molecule has 1 unspecified atom stereocenters. The Morgan fingerprint density at radius 2 is 2.25 bits per heavy atom. The summed E-state index contributed by atoms with van der Waals surface area (Å²) in [7, 11) is 0. The summed E-state index contributed by atoms with van der Waals surface area (Å²) < 4.78 is 19.6. The Hall–Kier alpha value is -1.47. The van der Waals surface area contributed by atoms with Crippen LogP contribution in [-0.4, -0.2) is 33.0 Å². The molecule has 1 aromatic rings. The number of aliphatic hydroxyl groups excluding tert-OH is 1. The number of H-pyrrole nitrogens is 1. The lowest BCUT2D eigenvalue weighted by Crippen LogP contribution is -2.35. The van der Waals surface area contributed by atoms with Crippen molar-refractivity contribution in [2.75, 3.05) is 0 Å². The molecule has 1 saturated heterocycles. The van der Waals surface area contributed by atoms with Crippen LogP contribution in [0.25, 0.3) is 0 Å². The largest absolute Gasteiger partial charge is 0.387 e. The fraction of sp³-hybridized carbons (Fsp3) is 0.556. The minimum absolute atomic E-state index is 0.566. The molecule has 16 heavy (non-hydrogen) atoms. The van der Waals surface area contributed by atoms with Crippen LogP contribution in [0.5, 0.6) is 0 Å². The minimum Gasteiger partial charge on any atom is -0.387 e. The molecule has 0 aromatic carbocycles. The zero-order chi connectivity index (χ0) is 11.9. The summed E-state index contributed by atoms with van der Waals surface area (Å²) in [6.45, 7) is 1.51. The Labute approximate surface area is 89.3 Å². The summed E-state index contributed by atoms with van der Waals surface area (Å²) in [4.78, 5) is 24.2. The lowest BCUT2D eigenvalue weighted by Gasteiger charge is -2.14. The smallest absolute Gasteiger partial charge is 0.330 e. The van der Waals surface area contributed by atoms with Crippen LogP contribution < -0.4 is 11.2 Å². The second-order valence-electron chi connectivity index (χ2n) is 3.68. The molecule has 0 saturated carbocycles. The third-order valence-corrected chi connectivity index (χ3v) is 2.56. The van der Waals surface area contributed by atoms with Gasteiger partial charge in [-0.3, -0.25) is 14.3 Å². The van der Waals surface area contributed by atoms with E-state index in [0.717, 1.165) is 16.8 Å². The van der Waals surface area contributed by atoms with Crippen molar-refractivity contribution in [3.8, 4) is 0 Å². The predicted molar refractivity (Wildman–Crippen MR) is 51.8 cm³/mol. The molecule has 2 heterocycles. The molecule has 7 heteroatoms. The molecular weight excluding hydrogens is 219 g/mol. The van der Waals surface area contributed by atoms with E-state index < -0.39 is 35.9 Å². The van der Waals surface area contributed by atoms with E-state index in [1.807, 2.05) is 4.98 Å². The first-order valence-corrected chi connectivity index (χ1v) is 4.80. The zero-order valence-electron chi connectivity index (χ0n) is 8.46. The van der Waals surface area contributed by atoms with Crippen LogP contribution in [0.15, 0.2) is 21.9 Å². The molecule has 0 bridgehead atoms. The molecule has 1 aliphatic rings. The summed E-state index contributed by atoms with van der Waals surface area (Å²) in [5.41, 5.74) is -1.33. The van der Waals surface area contributed by atoms with Crippen molar-refractivity contribution < 1.29 is 14.2 Å². The fourth-order valence-corrected chi connectivity index (χ4v) is 1.65. The van der Waals surface area contributed by atoms with Gasteiger partial charge in [0.05, 0.1) is 6.10 Å². The third-order valence-electron chi connectivity index (χ3n) is 2.56. The molecule has 0 radical (unpaired) electrons. The van der Waals surface area contributed by atoms with E-state index in [9.17, 15) is 19.1 Å². The van der Waals surface area contributed by atoms with Gasteiger partial charge >= 0.3 is 5.69 Å². The molecule has 0 amide bonds. The normalized spacial score (nSPS) is 34.2. The maximum absolute atomic E-state index is 13.6. The maximum Gasteiger partial charge on any atom is 0.330 e. The molecule has 0 aliphatic carbocycles. The van der Waals surface area contributed by atoms with Crippen LogP contribution in [-0.2, 0) is 4.74 Å². The number of hydrogen-bond donors (Lipinski definition) is 2. The Balaban J connectivity index is 2.39. The quantitative estimate of drug-likeness (QED) is 0.658. The SMILES string of the molecule is C[C@H]1O[C@@H](n2ccc(=O)[nH]c2=O)C(F)[C@@H]1O. The van der Waals surface area contributed by atoms with Crippen molar-refractivity contribution in [3.63, 3.8) is 0 Å². The number of nitrogens with zero attached hydrogens (tertiary/aromatic N) is 1. The van der Waals surface area contributed by atoms with Crippen LogP contribution in [0, 0.1) is 0 Å². The van der Waals surface area contributed by atoms with Gasteiger partial charge in [-0.1, -0.05) is 0 Å². The Morgan fingerprint density at radius 3 is 2.75 bits per heavy atom. The lowest BCUT2D eigenvalue weighted by atomic mass is 10.2. The number of nitrogens with one attached hydrogen (secondary N) is 1. The first-order valence-electron chi connectivity index (χ1n) is 4.80. The second-order valence-corrected chi connectivity index (χ2v) is 3.68. The van der Waals surface area contributed by atoms with Gasteiger partial charge in [0.15, 0.2) is 12.4 Å². The Kier molecular flexibility index (Phi) is 2.64. The molecule has 1 aromatic heterocycles. The fourth-order valence-electron chi connectivity index (χ4n) is 1.65. The van der Waals surface area contributed by atoms with Gasteiger partial charge in [-0.25, -0.2) is 9.18 Å². The van der Waals surface area contributed by atoms with Gasteiger partial charge in [-0.2, -0.15) is 0 Å². The van der Waals surface area contributed by atoms with Gasteiger partial charge in [0.1, 0.15) is 6.10 Å². The molecule has 1 fully saturated rings. The Morgan fingerprint density at radius 1 is 1.56 bits per heavy atom. The number of ether oxygens (including phenoxy) is 1. The average molecular weight is 230 g/mol. The molecule has 2 rings (SSSR count). The number of aromatic amines is 1. The number of alkyl halides is 1. The highest BCUT2D eigenvalue weighted by atomic mass is 19.1. The summed E-state index contributed by atoms with van der Waals surface area (Å²) in [5.74, 6) is 0.